The zero-order valence-electron chi connectivity index (χ0n) is 24.8. The lowest BCUT2D eigenvalue weighted by Crippen LogP contribution is -2.36. The Morgan fingerprint density at radius 2 is 1.57 bits per heavy atom. The molecule has 0 aliphatic heterocycles. The number of hydrogen-bond acceptors (Lipinski definition) is 5. The Morgan fingerprint density at radius 3 is 2.14 bits per heavy atom. The van der Waals surface area contributed by atoms with Gasteiger partial charge in [-0.05, 0) is 94.6 Å². The minimum absolute atomic E-state index is 0.149. The zero-order valence-corrected chi connectivity index (χ0v) is 25.7. The fraction of sp³-hybridized carbons (Fsp3) is 0.242. The van der Waals surface area contributed by atoms with Gasteiger partial charge in [0.1, 0.15) is 17.2 Å². The Labute approximate surface area is 257 Å². The van der Waals surface area contributed by atoms with Gasteiger partial charge in [-0.3, -0.25) is 4.90 Å². The second kappa shape index (κ2) is 13.5. The molecular weight excluding hydrogens is 578 g/mol. The van der Waals surface area contributed by atoms with Gasteiger partial charge in [0.05, 0.1) is 4.90 Å². The van der Waals surface area contributed by atoms with E-state index in [1.807, 2.05) is 42.5 Å². The molecule has 0 atom stereocenters. The Morgan fingerprint density at radius 1 is 0.955 bits per heavy atom. The number of phenols is 1. The third-order valence-corrected chi connectivity index (χ3v) is 8.21. The molecule has 0 fully saturated rings. The van der Waals surface area contributed by atoms with Gasteiger partial charge in [0, 0.05) is 28.1 Å². The minimum atomic E-state index is -4.08. The lowest BCUT2D eigenvalue weighted by Gasteiger charge is -2.24. The first-order valence-corrected chi connectivity index (χ1v) is 15.5. The molecule has 10 nitrogen and oxygen atoms in total. The van der Waals surface area contributed by atoms with Crippen molar-refractivity contribution in [1.82, 2.24) is 0 Å². The van der Waals surface area contributed by atoms with Crippen LogP contribution in [0.15, 0.2) is 100 Å². The van der Waals surface area contributed by atoms with Gasteiger partial charge in [0.2, 0.25) is 0 Å². The lowest BCUT2D eigenvalue weighted by atomic mass is 9.82. The maximum absolute atomic E-state index is 12.4. The smallest absolute Gasteiger partial charge is 0.319 e. The quantitative estimate of drug-likeness (QED) is 0.101. The SMILES string of the molecule is CC(C)(C)c1cc(CCCN(C(N)=O)c2ccc(Oc3ccc(S(=O)(=O)N=[N+]=[N-])cc3)cc2)cc(Cc2ccccc2)c1O. The van der Waals surface area contributed by atoms with Crippen LogP contribution in [0.5, 0.6) is 17.2 Å². The predicted molar refractivity (Wildman–Crippen MR) is 171 cm³/mol. The summed E-state index contributed by atoms with van der Waals surface area (Å²) in [5.41, 5.74) is 18.5. The highest BCUT2D eigenvalue weighted by Crippen LogP contribution is 2.36. The van der Waals surface area contributed by atoms with E-state index in [2.05, 4.69) is 30.2 Å². The maximum Gasteiger partial charge on any atom is 0.319 e. The summed E-state index contributed by atoms with van der Waals surface area (Å²) in [7, 11) is -4.08. The van der Waals surface area contributed by atoms with Gasteiger partial charge in [0.25, 0.3) is 10.0 Å². The van der Waals surface area contributed by atoms with Crippen LogP contribution in [-0.4, -0.2) is 26.1 Å². The average molecular weight is 614 g/mol. The summed E-state index contributed by atoms with van der Waals surface area (Å²) in [6.07, 6.45) is 1.94. The van der Waals surface area contributed by atoms with Gasteiger partial charge < -0.3 is 15.6 Å². The van der Waals surface area contributed by atoms with Gasteiger partial charge in [0.15, 0.2) is 0 Å². The fourth-order valence-electron chi connectivity index (χ4n) is 4.84. The van der Waals surface area contributed by atoms with Gasteiger partial charge in [-0.2, -0.15) is 0 Å². The number of carbonyl (C=O) groups excluding carboxylic acids is 1. The first kappa shape index (κ1) is 31.9. The Kier molecular flexibility index (Phi) is 9.83. The highest BCUT2D eigenvalue weighted by atomic mass is 32.2. The molecule has 0 saturated heterocycles. The number of amides is 2. The highest BCUT2D eigenvalue weighted by molar-refractivity contribution is 7.90. The number of rotatable bonds is 11. The fourth-order valence-corrected chi connectivity index (χ4v) is 5.51. The van der Waals surface area contributed by atoms with E-state index in [1.54, 1.807) is 24.3 Å². The van der Waals surface area contributed by atoms with Crippen molar-refractivity contribution in [3.63, 3.8) is 0 Å². The van der Waals surface area contributed by atoms with E-state index >= 15 is 0 Å². The van der Waals surface area contributed by atoms with E-state index in [0.29, 0.717) is 48.7 Å². The molecule has 4 aromatic rings. The number of urea groups is 1. The highest BCUT2D eigenvalue weighted by Gasteiger charge is 2.22. The number of aryl methyl sites for hydroxylation is 1. The van der Waals surface area contributed by atoms with Crippen molar-refractivity contribution in [3.05, 3.63) is 124 Å². The molecule has 0 heterocycles. The first-order valence-electron chi connectivity index (χ1n) is 14.0. The maximum atomic E-state index is 12.4. The van der Waals surface area contributed by atoms with Crippen LogP contribution < -0.4 is 15.4 Å². The van der Waals surface area contributed by atoms with Crippen molar-refractivity contribution in [2.24, 2.45) is 10.3 Å². The molecule has 44 heavy (non-hydrogen) atoms. The van der Waals surface area contributed by atoms with E-state index in [-0.39, 0.29) is 10.3 Å². The van der Waals surface area contributed by atoms with E-state index in [9.17, 15) is 18.3 Å². The summed E-state index contributed by atoms with van der Waals surface area (Å²) >= 11 is 0. The van der Waals surface area contributed by atoms with Crippen molar-refractivity contribution in [1.29, 1.82) is 0 Å². The van der Waals surface area contributed by atoms with Gasteiger partial charge in [-0.15, -0.1) is 0 Å². The molecule has 0 spiro atoms. The van der Waals surface area contributed by atoms with E-state index in [1.165, 1.54) is 29.2 Å². The molecule has 0 bridgehead atoms. The third kappa shape index (κ3) is 8.09. The van der Waals surface area contributed by atoms with Crippen LogP contribution >= 0.6 is 0 Å². The number of hydrogen-bond donors (Lipinski definition) is 2. The standard InChI is InChI=1S/C33H35N5O5S/c1-33(2,3)30-22-24(21-25(31(30)39)20-23-8-5-4-6-9-23)10-7-19-38(32(34)40)26-11-13-27(14-12-26)43-28-15-17-29(18-16-28)44(41,42)37-36-35/h4-6,8-9,11-18,21-22,39H,7,10,19-20H2,1-3H3,(H2,34,40). The molecule has 0 aliphatic rings. The molecular formula is C33H35N5O5S. The summed E-state index contributed by atoms with van der Waals surface area (Å²) in [4.78, 5) is 16.1. The van der Waals surface area contributed by atoms with Crippen LogP contribution in [-0.2, 0) is 28.3 Å². The lowest BCUT2D eigenvalue weighted by molar-refractivity contribution is 0.254. The number of sulfonamides is 1. The van der Waals surface area contributed by atoms with E-state index in [4.69, 9.17) is 16.0 Å². The second-order valence-corrected chi connectivity index (χ2v) is 13.0. The van der Waals surface area contributed by atoms with Crippen LogP contribution in [0.25, 0.3) is 10.4 Å². The number of ether oxygens (including phenoxy) is 1. The topological polar surface area (TPSA) is 159 Å². The molecule has 4 aromatic carbocycles. The number of benzene rings is 4. The number of anilines is 1. The average Bonchev–Trinajstić information content (AvgIpc) is 2.97. The molecule has 2 amide bonds. The summed E-state index contributed by atoms with van der Waals surface area (Å²) in [6.45, 7) is 6.61. The number of aromatic hydroxyl groups is 1. The number of azide groups is 1. The Balaban J connectivity index is 1.44. The van der Waals surface area contributed by atoms with Crippen LogP contribution in [0.3, 0.4) is 0 Å². The first-order chi connectivity index (χ1) is 20.9. The van der Waals surface area contributed by atoms with Crippen LogP contribution in [0, 0.1) is 0 Å². The minimum Gasteiger partial charge on any atom is -0.507 e. The van der Waals surface area contributed by atoms with Crippen LogP contribution in [0.4, 0.5) is 10.5 Å². The number of nitrogens with two attached hydrogens (primary N) is 1. The van der Waals surface area contributed by atoms with Crippen LogP contribution in [0.1, 0.15) is 49.4 Å². The molecule has 0 aromatic heterocycles. The van der Waals surface area contributed by atoms with Gasteiger partial charge >= 0.3 is 6.03 Å². The molecule has 4 rings (SSSR count). The molecule has 3 N–H and O–H groups in total. The van der Waals surface area contributed by atoms with Crippen molar-refractivity contribution in [2.45, 2.75) is 50.3 Å². The van der Waals surface area contributed by atoms with Crippen molar-refractivity contribution in [2.75, 3.05) is 11.4 Å². The molecule has 11 heteroatoms. The van der Waals surface area contributed by atoms with Crippen molar-refractivity contribution >= 4 is 21.7 Å². The largest absolute Gasteiger partial charge is 0.507 e. The number of primary amides is 1. The Bertz CT molecular complexity index is 1760. The number of carbonyl (C=O) groups is 1. The molecule has 0 saturated carbocycles. The van der Waals surface area contributed by atoms with E-state index < -0.39 is 16.1 Å². The second-order valence-electron chi connectivity index (χ2n) is 11.4. The summed E-state index contributed by atoms with van der Waals surface area (Å²) in [5, 5.41) is 11.1. The van der Waals surface area contributed by atoms with Crippen molar-refractivity contribution < 1.29 is 23.1 Å². The Hall–Kier alpha value is -4.99. The molecule has 0 aliphatic carbocycles. The molecule has 0 radical (unpaired) electrons. The normalized spacial score (nSPS) is 11.4. The summed E-state index contributed by atoms with van der Waals surface area (Å²) in [6, 6.07) is 25.8. The number of phenolic OH excluding ortho intramolecular Hbond substituents is 1. The van der Waals surface area contributed by atoms with Gasteiger partial charge in [-0.1, -0.05) is 63.2 Å². The predicted octanol–water partition coefficient (Wildman–Crippen LogP) is 7.59. The molecule has 228 valence electrons. The van der Waals surface area contributed by atoms with Gasteiger partial charge in [-0.25, -0.2) is 13.2 Å². The number of nitrogens with zero attached hydrogens (tertiary/aromatic N) is 4. The monoisotopic (exact) mass is 613 g/mol. The summed E-state index contributed by atoms with van der Waals surface area (Å²) < 4.78 is 32.3. The molecule has 0 unspecified atom stereocenters. The third-order valence-electron chi connectivity index (χ3n) is 7.06. The zero-order chi connectivity index (χ0) is 31.9. The van der Waals surface area contributed by atoms with Crippen LogP contribution in [0.2, 0.25) is 0 Å². The van der Waals surface area contributed by atoms with E-state index in [0.717, 1.165) is 22.3 Å². The summed E-state index contributed by atoms with van der Waals surface area (Å²) in [5.74, 6) is 1.16. The van der Waals surface area contributed by atoms with Crippen molar-refractivity contribution in [3.8, 4) is 17.2 Å².